The van der Waals surface area contributed by atoms with E-state index >= 15 is 0 Å². The maximum atomic E-state index is 12.5. The molecule has 0 radical (unpaired) electrons. The van der Waals surface area contributed by atoms with Crippen LogP contribution in [0.5, 0.6) is 0 Å². The van der Waals surface area contributed by atoms with Gasteiger partial charge in [-0.2, -0.15) is 5.26 Å². The van der Waals surface area contributed by atoms with Gasteiger partial charge >= 0.3 is 0 Å². The highest BCUT2D eigenvalue weighted by Gasteiger charge is 2.14. The van der Waals surface area contributed by atoms with Crippen molar-refractivity contribution in [2.75, 3.05) is 10.0 Å². The summed E-state index contributed by atoms with van der Waals surface area (Å²) in [6.45, 7) is 1.82. The number of nitrogens with one attached hydrogen (secondary N) is 2. The first-order valence-corrected chi connectivity index (χ1v) is 10.3. The van der Waals surface area contributed by atoms with Gasteiger partial charge in [-0.1, -0.05) is 30.3 Å². The van der Waals surface area contributed by atoms with Gasteiger partial charge in [0, 0.05) is 5.69 Å². The van der Waals surface area contributed by atoms with Gasteiger partial charge in [0.25, 0.3) is 10.0 Å². The molecule has 0 atom stereocenters. The molecule has 0 unspecified atom stereocenters. The molecule has 0 aliphatic heterocycles. The van der Waals surface area contributed by atoms with Crippen LogP contribution in [0.1, 0.15) is 16.7 Å². The molecule has 3 aromatic carbocycles. The lowest BCUT2D eigenvalue weighted by Crippen LogP contribution is -2.16. The Morgan fingerprint density at radius 1 is 0.966 bits per heavy atom. The van der Waals surface area contributed by atoms with E-state index in [2.05, 4.69) is 10.0 Å². The van der Waals surface area contributed by atoms with Gasteiger partial charge < -0.3 is 5.32 Å². The number of sulfonamides is 1. The maximum Gasteiger partial charge on any atom is 0.261 e. The second-order valence-corrected chi connectivity index (χ2v) is 8.22. The van der Waals surface area contributed by atoms with Gasteiger partial charge in [-0.15, -0.1) is 0 Å². The van der Waals surface area contributed by atoms with Crippen molar-refractivity contribution in [1.29, 1.82) is 5.26 Å². The Labute approximate surface area is 169 Å². The van der Waals surface area contributed by atoms with Crippen molar-refractivity contribution < 1.29 is 13.2 Å². The topological polar surface area (TPSA) is 99.1 Å². The van der Waals surface area contributed by atoms with Crippen LogP contribution >= 0.6 is 0 Å². The Kier molecular flexibility index (Phi) is 5.96. The first-order chi connectivity index (χ1) is 13.9. The van der Waals surface area contributed by atoms with Crippen LogP contribution in [0.15, 0.2) is 77.7 Å². The molecule has 3 aromatic rings. The molecule has 0 aliphatic carbocycles. The summed E-state index contributed by atoms with van der Waals surface area (Å²) in [6.07, 6.45) is 0.144. The monoisotopic (exact) mass is 405 g/mol. The van der Waals surface area contributed by atoms with E-state index in [4.69, 9.17) is 5.26 Å². The Hall–Kier alpha value is -3.63. The van der Waals surface area contributed by atoms with Crippen LogP contribution in [0.4, 0.5) is 11.4 Å². The summed E-state index contributed by atoms with van der Waals surface area (Å²) < 4.78 is 27.6. The van der Waals surface area contributed by atoms with E-state index in [9.17, 15) is 13.2 Å². The van der Waals surface area contributed by atoms with Crippen molar-refractivity contribution in [1.82, 2.24) is 0 Å². The molecule has 7 heteroatoms. The summed E-state index contributed by atoms with van der Waals surface area (Å²) in [5, 5.41) is 11.6. The fourth-order valence-electron chi connectivity index (χ4n) is 2.82. The van der Waals surface area contributed by atoms with E-state index in [1.807, 2.05) is 13.0 Å². The van der Waals surface area contributed by atoms with Crippen LogP contribution in [-0.2, 0) is 21.2 Å². The zero-order valence-corrected chi connectivity index (χ0v) is 16.5. The van der Waals surface area contributed by atoms with E-state index in [0.29, 0.717) is 16.9 Å². The average Bonchev–Trinajstić information content (AvgIpc) is 2.68. The predicted octanol–water partition coefficient (Wildman–Crippen LogP) is 3.85. The van der Waals surface area contributed by atoms with Gasteiger partial charge in [0.05, 0.1) is 28.6 Å². The molecule has 0 saturated carbocycles. The molecule has 146 valence electrons. The number of anilines is 2. The average molecular weight is 405 g/mol. The number of amides is 1. The smallest absolute Gasteiger partial charge is 0.261 e. The molecule has 0 saturated heterocycles. The van der Waals surface area contributed by atoms with Crippen LogP contribution in [-0.4, -0.2) is 14.3 Å². The predicted molar refractivity (Wildman–Crippen MR) is 112 cm³/mol. The second-order valence-electron chi connectivity index (χ2n) is 6.54. The number of nitrogens with zero attached hydrogens (tertiary/aromatic N) is 1. The molecule has 3 rings (SSSR count). The van der Waals surface area contributed by atoms with Crippen molar-refractivity contribution in [2.45, 2.75) is 18.2 Å². The maximum absolute atomic E-state index is 12.5. The lowest BCUT2D eigenvalue weighted by Gasteiger charge is -2.12. The molecule has 0 heterocycles. The van der Waals surface area contributed by atoms with E-state index in [1.54, 1.807) is 60.7 Å². The Morgan fingerprint density at radius 3 is 2.28 bits per heavy atom. The highest BCUT2D eigenvalue weighted by Crippen LogP contribution is 2.22. The van der Waals surface area contributed by atoms with Crippen molar-refractivity contribution >= 4 is 27.3 Å². The van der Waals surface area contributed by atoms with Gasteiger partial charge in [-0.05, 0) is 60.5 Å². The number of hydrogen-bond acceptors (Lipinski definition) is 4. The molecule has 0 aromatic heterocycles. The molecule has 0 spiro atoms. The van der Waals surface area contributed by atoms with Crippen molar-refractivity contribution in [2.24, 2.45) is 0 Å². The van der Waals surface area contributed by atoms with Gasteiger partial charge in [-0.25, -0.2) is 8.42 Å². The molecule has 29 heavy (non-hydrogen) atoms. The normalized spacial score (nSPS) is 10.8. The number of carbonyl (C=O) groups excluding carboxylic acids is 1. The summed E-state index contributed by atoms with van der Waals surface area (Å²) in [6, 6.07) is 21.9. The van der Waals surface area contributed by atoms with Crippen LogP contribution in [0.25, 0.3) is 0 Å². The van der Waals surface area contributed by atoms with Crippen molar-refractivity contribution in [3.05, 3.63) is 89.5 Å². The molecular weight excluding hydrogens is 386 g/mol. The fraction of sp³-hybridized carbons (Fsp3) is 0.0909. The van der Waals surface area contributed by atoms with Gasteiger partial charge in [0.1, 0.15) is 0 Å². The first-order valence-electron chi connectivity index (χ1n) is 8.84. The molecule has 2 N–H and O–H groups in total. The molecule has 0 fully saturated rings. The second kappa shape index (κ2) is 8.59. The molecule has 0 aliphatic rings. The third-order valence-corrected chi connectivity index (χ3v) is 5.51. The Balaban J connectivity index is 1.73. The summed E-state index contributed by atoms with van der Waals surface area (Å²) >= 11 is 0. The highest BCUT2D eigenvalue weighted by atomic mass is 32.2. The Bertz CT molecular complexity index is 1170. The highest BCUT2D eigenvalue weighted by molar-refractivity contribution is 7.92. The SMILES string of the molecule is Cc1cc(NC(=O)Cc2ccc(C#N)cc2)cc(NS(=O)(=O)c2ccccc2)c1. The van der Waals surface area contributed by atoms with E-state index in [-0.39, 0.29) is 17.2 Å². The zero-order valence-electron chi connectivity index (χ0n) is 15.7. The van der Waals surface area contributed by atoms with Gasteiger partial charge in [0.2, 0.25) is 5.91 Å². The number of nitriles is 1. The quantitative estimate of drug-likeness (QED) is 0.651. The summed E-state index contributed by atoms with van der Waals surface area (Å²) in [4.78, 5) is 12.5. The standard InChI is InChI=1S/C22H19N3O3S/c1-16-11-19(24-22(26)13-17-7-9-18(15-23)10-8-17)14-20(12-16)25-29(27,28)21-5-3-2-4-6-21/h2-12,14,25H,13H2,1H3,(H,24,26). The number of benzene rings is 3. The largest absolute Gasteiger partial charge is 0.326 e. The minimum absolute atomic E-state index is 0.144. The molecule has 1 amide bonds. The summed E-state index contributed by atoms with van der Waals surface area (Å²) in [5.41, 5.74) is 2.96. The van der Waals surface area contributed by atoms with E-state index < -0.39 is 10.0 Å². The van der Waals surface area contributed by atoms with Gasteiger partial charge in [-0.3, -0.25) is 9.52 Å². The van der Waals surface area contributed by atoms with Gasteiger partial charge in [0.15, 0.2) is 0 Å². The third kappa shape index (κ3) is 5.43. The van der Waals surface area contributed by atoms with E-state index in [0.717, 1.165) is 11.1 Å². The number of carbonyl (C=O) groups is 1. The fourth-order valence-corrected chi connectivity index (χ4v) is 3.88. The molecule has 6 nitrogen and oxygen atoms in total. The summed E-state index contributed by atoms with van der Waals surface area (Å²) in [5.74, 6) is -0.239. The van der Waals surface area contributed by atoms with Crippen LogP contribution < -0.4 is 10.0 Å². The minimum atomic E-state index is -3.72. The lowest BCUT2D eigenvalue weighted by molar-refractivity contribution is -0.115. The van der Waals surface area contributed by atoms with Crippen LogP contribution in [0.3, 0.4) is 0 Å². The minimum Gasteiger partial charge on any atom is -0.326 e. The summed E-state index contributed by atoms with van der Waals surface area (Å²) in [7, 11) is -3.72. The van der Waals surface area contributed by atoms with Crippen molar-refractivity contribution in [3.63, 3.8) is 0 Å². The molecular formula is C22H19N3O3S. The first kappa shape index (κ1) is 20.1. The zero-order chi connectivity index (χ0) is 20.9. The number of aryl methyl sites for hydroxylation is 1. The lowest BCUT2D eigenvalue weighted by atomic mass is 10.1. The number of rotatable bonds is 6. The van der Waals surface area contributed by atoms with Crippen LogP contribution in [0.2, 0.25) is 0 Å². The van der Waals surface area contributed by atoms with Crippen molar-refractivity contribution in [3.8, 4) is 6.07 Å². The van der Waals surface area contributed by atoms with E-state index in [1.165, 1.54) is 12.1 Å². The number of hydrogen-bond donors (Lipinski definition) is 2. The molecule has 0 bridgehead atoms. The van der Waals surface area contributed by atoms with Crippen LogP contribution in [0, 0.1) is 18.3 Å². The third-order valence-electron chi connectivity index (χ3n) is 4.11. The Morgan fingerprint density at radius 2 is 1.62 bits per heavy atom.